The van der Waals surface area contributed by atoms with Gasteiger partial charge in [-0.3, -0.25) is 4.79 Å². The van der Waals surface area contributed by atoms with E-state index >= 15 is 0 Å². The molecule has 0 radical (unpaired) electrons. The highest BCUT2D eigenvalue weighted by molar-refractivity contribution is 6.37. The van der Waals surface area contributed by atoms with Gasteiger partial charge in [0.15, 0.2) is 12.4 Å². The Morgan fingerprint density at radius 1 is 1.10 bits per heavy atom. The van der Waals surface area contributed by atoms with Gasteiger partial charge in [0.1, 0.15) is 5.75 Å². The van der Waals surface area contributed by atoms with Crippen LogP contribution in [0, 0.1) is 0 Å². The number of halogens is 3. The second-order valence-corrected chi connectivity index (χ2v) is 5.33. The summed E-state index contributed by atoms with van der Waals surface area (Å²) in [6.45, 7) is -0.183. The number of ether oxygens (including phenoxy) is 1. The third kappa shape index (κ3) is 4.43. The lowest BCUT2D eigenvalue weighted by molar-refractivity contribution is -0.118. The molecule has 0 saturated carbocycles. The van der Waals surface area contributed by atoms with Gasteiger partial charge in [0.05, 0.1) is 10.0 Å². The van der Waals surface area contributed by atoms with Crippen LogP contribution >= 0.6 is 34.8 Å². The van der Waals surface area contributed by atoms with Crippen LogP contribution in [0.4, 0.5) is 5.69 Å². The summed E-state index contributed by atoms with van der Waals surface area (Å²) >= 11 is 17.3. The van der Waals surface area contributed by atoms with E-state index in [0.29, 0.717) is 16.5 Å². The lowest BCUT2D eigenvalue weighted by atomic mass is 10.3. The zero-order valence-electron chi connectivity index (χ0n) is 10.6. The summed E-state index contributed by atoms with van der Waals surface area (Å²) in [4.78, 5) is 11.7. The summed E-state index contributed by atoms with van der Waals surface area (Å²) in [6.07, 6.45) is 0. The number of rotatable bonds is 4. The maximum atomic E-state index is 11.7. The van der Waals surface area contributed by atoms with Crippen molar-refractivity contribution in [3.05, 3.63) is 51.5 Å². The standard InChI is InChI=1S/C14H10Cl3NO3/c15-8-1-3-10(4-2-8)21-7-13(19)18-9-5-11(16)14(20)12(17)6-9/h1-6,20H,7H2,(H,18,19). The lowest BCUT2D eigenvalue weighted by Crippen LogP contribution is -2.20. The van der Waals surface area contributed by atoms with Gasteiger partial charge in [-0.1, -0.05) is 34.8 Å². The van der Waals surface area contributed by atoms with E-state index in [1.807, 2.05) is 0 Å². The third-order valence-corrected chi connectivity index (χ3v) is 3.31. The van der Waals surface area contributed by atoms with E-state index in [4.69, 9.17) is 39.5 Å². The summed E-state index contributed by atoms with van der Waals surface area (Å²) < 4.78 is 5.29. The molecule has 0 fully saturated rings. The Bertz CT molecular complexity index is 636. The Morgan fingerprint density at radius 3 is 2.24 bits per heavy atom. The molecule has 0 aliphatic heterocycles. The van der Waals surface area contributed by atoms with Crippen molar-refractivity contribution in [1.82, 2.24) is 0 Å². The van der Waals surface area contributed by atoms with E-state index in [-0.39, 0.29) is 28.3 Å². The second-order valence-electron chi connectivity index (χ2n) is 4.08. The number of carbonyl (C=O) groups excluding carboxylic acids is 1. The maximum absolute atomic E-state index is 11.7. The Morgan fingerprint density at radius 2 is 1.67 bits per heavy atom. The van der Waals surface area contributed by atoms with Crippen molar-refractivity contribution in [1.29, 1.82) is 0 Å². The molecule has 2 rings (SSSR count). The Balaban J connectivity index is 1.94. The predicted octanol–water partition coefficient (Wildman–Crippen LogP) is 4.37. The summed E-state index contributed by atoms with van der Waals surface area (Å²) in [5, 5.41) is 12.7. The van der Waals surface area contributed by atoms with E-state index in [9.17, 15) is 9.90 Å². The number of carbonyl (C=O) groups is 1. The second kappa shape index (κ2) is 6.89. The average molecular weight is 347 g/mol. The number of hydrogen-bond acceptors (Lipinski definition) is 3. The van der Waals surface area contributed by atoms with Crippen LogP contribution in [0.2, 0.25) is 15.1 Å². The summed E-state index contributed by atoms with van der Waals surface area (Å²) in [5.74, 6) is -0.0900. The van der Waals surface area contributed by atoms with Crippen LogP contribution in [0.3, 0.4) is 0 Å². The molecule has 0 aliphatic rings. The number of anilines is 1. The zero-order chi connectivity index (χ0) is 15.4. The maximum Gasteiger partial charge on any atom is 0.262 e. The topological polar surface area (TPSA) is 58.6 Å². The van der Waals surface area contributed by atoms with Gasteiger partial charge in [0.2, 0.25) is 0 Å². The molecule has 0 aromatic heterocycles. The van der Waals surface area contributed by atoms with E-state index in [1.165, 1.54) is 12.1 Å². The molecular weight excluding hydrogens is 337 g/mol. The van der Waals surface area contributed by atoms with Crippen LogP contribution in [0.5, 0.6) is 11.5 Å². The van der Waals surface area contributed by atoms with E-state index in [1.54, 1.807) is 24.3 Å². The molecule has 0 aliphatic carbocycles. The number of benzene rings is 2. The summed E-state index contributed by atoms with van der Waals surface area (Å²) in [5.41, 5.74) is 0.368. The smallest absolute Gasteiger partial charge is 0.262 e. The van der Waals surface area contributed by atoms with E-state index in [2.05, 4.69) is 5.32 Å². The first-order valence-electron chi connectivity index (χ1n) is 5.82. The highest BCUT2D eigenvalue weighted by atomic mass is 35.5. The first-order chi connectivity index (χ1) is 9.95. The minimum absolute atomic E-state index is 0.0522. The third-order valence-electron chi connectivity index (χ3n) is 2.48. The van der Waals surface area contributed by atoms with Crippen LogP contribution in [-0.2, 0) is 4.79 Å². The van der Waals surface area contributed by atoms with Gasteiger partial charge in [0, 0.05) is 10.7 Å². The normalized spacial score (nSPS) is 10.2. The van der Waals surface area contributed by atoms with Crippen molar-refractivity contribution < 1.29 is 14.6 Å². The molecule has 0 unspecified atom stereocenters. The zero-order valence-corrected chi connectivity index (χ0v) is 12.8. The first kappa shape index (κ1) is 15.8. The van der Waals surface area contributed by atoms with Gasteiger partial charge in [0.25, 0.3) is 5.91 Å². The summed E-state index contributed by atoms with van der Waals surface area (Å²) in [7, 11) is 0. The SMILES string of the molecule is O=C(COc1ccc(Cl)cc1)Nc1cc(Cl)c(O)c(Cl)c1. The number of aromatic hydroxyl groups is 1. The average Bonchev–Trinajstić information content (AvgIpc) is 2.44. The van der Waals surface area contributed by atoms with Crippen LogP contribution < -0.4 is 10.1 Å². The highest BCUT2D eigenvalue weighted by Gasteiger charge is 2.09. The summed E-state index contributed by atoms with van der Waals surface area (Å²) in [6, 6.07) is 9.42. The number of nitrogens with one attached hydrogen (secondary N) is 1. The molecular formula is C14H10Cl3NO3. The van der Waals surface area contributed by atoms with Gasteiger partial charge in [-0.05, 0) is 36.4 Å². The van der Waals surface area contributed by atoms with Crippen LogP contribution in [0.15, 0.2) is 36.4 Å². The van der Waals surface area contributed by atoms with Gasteiger partial charge in [-0.2, -0.15) is 0 Å². The number of phenolic OH excluding ortho intramolecular Hbond substituents is 1. The van der Waals surface area contributed by atoms with Gasteiger partial charge in [-0.15, -0.1) is 0 Å². The van der Waals surface area contributed by atoms with Gasteiger partial charge < -0.3 is 15.2 Å². The van der Waals surface area contributed by atoms with Crippen molar-refractivity contribution in [2.75, 3.05) is 11.9 Å². The quantitative estimate of drug-likeness (QED) is 0.808. The van der Waals surface area contributed by atoms with Crippen molar-refractivity contribution in [2.45, 2.75) is 0 Å². The molecule has 1 amide bonds. The number of hydrogen-bond donors (Lipinski definition) is 2. The first-order valence-corrected chi connectivity index (χ1v) is 6.95. The molecule has 0 atom stereocenters. The highest BCUT2D eigenvalue weighted by Crippen LogP contribution is 2.34. The molecule has 110 valence electrons. The van der Waals surface area contributed by atoms with Crippen molar-refractivity contribution in [2.24, 2.45) is 0 Å². The van der Waals surface area contributed by atoms with Crippen molar-refractivity contribution in [3.63, 3.8) is 0 Å². The Labute approximate surface area is 136 Å². The minimum atomic E-state index is -0.386. The molecule has 7 heteroatoms. The fourth-order valence-corrected chi connectivity index (χ4v) is 2.13. The van der Waals surface area contributed by atoms with Crippen LogP contribution in [0.25, 0.3) is 0 Å². The molecule has 0 heterocycles. The lowest BCUT2D eigenvalue weighted by Gasteiger charge is -2.09. The molecule has 0 spiro atoms. The van der Waals surface area contributed by atoms with Crippen LogP contribution in [0.1, 0.15) is 0 Å². The molecule has 0 bridgehead atoms. The Hall–Kier alpha value is -1.62. The molecule has 2 N–H and O–H groups in total. The molecule has 2 aromatic carbocycles. The fourth-order valence-electron chi connectivity index (χ4n) is 1.51. The van der Waals surface area contributed by atoms with Gasteiger partial charge >= 0.3 is 0 Å². The Kier molecular flexibility index (Phi) is 5.17. The number of amides is 1. The van der Waals surface area contributed by atoms with Gasteiger partial charge in [-0.25, -0.2) is 0 Å². The predicted molar refractivity (Wildman–Crippen MR) is 83.7 cm³/mol. The molecule has 2 aromatic rings. The monoisotopic (exact) mass is 345 g/mol. The van der Waals surface area contributed by atoms with Crippen molar-refractivity contribution >= 4 is 46.4 Å². The van der Waals surface area contributed by atoms with E-state index in [0.717, 1.165) is 0 Å². The van der Waals surface area contributed by atoms with Crippen molar-refractivity contribution in [3.8, 4) is 11.5 Å². The molecule has 4 nitrogen and oxygen atoms in total. The molecule has 0 saturated heterocycles. The molecule has 21 heavy (non-hydrogen) atoms. The van der Waals surface area contributed by atoms with Crippen LogP contribution in [-0.4, -0.2) is 17.6 Å². The fraction of sp³-hybridized carbons (Fsp3) is 0.0714. The van der Waals surface area contributed by atoms with E-state index < -0.39 is 0 Å². The largest absolute Gasteiger partial charge is 0.505 e. The number of phenols is 1. The minimum Gasteiger partial charge on any atom is -0.505 e.